The van der Waals surface area contributed by atoms with Crippen LogP contribution in [0.5, 0.6) is 0 Å². The fraction of sp³-hybridized carbons (Fsp3) is 0.421. The highest BCUT2D eigenvalue weighted by atomic mass is 19.1. The Morgan fingerprint density at radius 1 is 1.24 bits per heavy atom. The molecule has 0 spiro atoms. The van der Waals surface area contributed by atoms with E-state index in [4.69, 9.17) is 9.15 Å². The molecule has 5 nitrogen and oxygen atoms in total. The zero-order valence-electron chi connectivity index (χ0n) is 14.2. The van der Waals surface area contributed by atoms with Gasteiger partial charge < -0.3 is 19.8 Å². The second kappa shape index (κ2) is 9.22. The zero-order valence-corrected chi connectivity index (χ0v) is 14.2. The molecule has 1 unspecified atom stereocenters. The van der Waals surface area contributed by atoms with Crippen molar-refractivity contribution in [3.8, 4) is 0 Å². The molecule has 1 saturated heterocycles. The van der Waals surface area contributed by atoms with Gasteiger partial charge in [0.05, 0.1) is 18.9 Å². The summed E-state index contributed by atoms with van der Waals surface area (Å²) in [6, 6.07) is 10.3. The molecule has 0 radical (unpaired) electrons. The summed E-state index contributed by atoms with van der Waals surface area (Å²) in [5.74, 6) is 1.38. The minimum Gasteiger partial charge on any atom is -0.469 e. The van der Waals surface area contributed by atoms with Gasteiger partial charge in [0.25, 0.3) is 0 Å². The summed E-state index contributed by atoms with van der Waals surface area (Å²) in [5, 5.41) is 6.61. The topological polar surface area (TPSA) is 58.8 Å². The molecule has 0 bridgehead atoms. The maximum atomic E-state index is 13.3. The van der Waals surface area contributed by atoms with Gasteiger partial charge in [0, 0.05) is 26.1 Å². The van der Waals surface area contributed by atoms with E-state index in [1.165, 1.54) is 12.1 Å². The maximum Gasteiger partial charge on any atom is 0.191 e. The molecule has 1 fully saturated rings. The van der Waals surface area contributed by atoms with Crippen LogP contribution < -0.4 is 10.6 Å². The van der Waals surface area contributed by atoms with E-state index in [-0.39, 0.29) is 11.9 Å². The lowest BCUT2D eigenvalue weighted by Gasteiger charge is -2.15. The molecule has 1 aliphatic heterocycles. The second-order valence-electron chi connectivity index (χ2n) is 6.07. The van der Waals surface area contributed by atoms with E-state index >= 15 is 0 Å². The third-order valence-electron chi connectivity index (χ3n) is 4.07. The fourth-order valence-corrected chi connectivity index (χ4v) is 2.75. The van der Waals surface area contributed by atoms with Gasteiger partial charge in [0.1, 0.15) is 11.6 Å². The summed E-state index contributed by atoms with van der Waals surface area (Å²) in [5.41, 5.74) is 0.837. The van der Waals surface area contributed by atoms with E-state index in [1.807, 2.05) is 18.2 Å². The Balaban J connectivity index is 1.54. The molecule has 2 heterocycles. The van der Waals surface area contributed by atoms with Crippen molar-refractivity contribution < 1.29 is 13.5 Å². The first-order valence-corrected chi connectivity index (χ1v) is 8.70. The van der Waals surface area contributed by atoms with Crippen LogP contribution in [0, 0.1) is 5.82 Å². The Morgan fingerprint density at radius 2 is 2.20 bits per heavy atom. The largest absolute Gasteiger partial charge is 0.469 e. The number of benzene rings is 1. The van der Waals surface area contributed by atoms with Crippen molar-refractivity contribution in [1.29, 1.82) is 0 Å². The van der Waals surface area contributed by atoms with Crippen LogP contribution in [0.15, 0.2) is 52.1 Å². The first kappa shape index (κ1) is 17.5. The van der Waals surface area contributed by atoms with Gasteiger partial charge in [-0.05, 0) is 42.7 Å². The molecule has 3 rings (SSSR count). The molecule has 134 valence electrons. The first-order valence-electron chi connectivity index (χ1n) is 8.70. The van der Waals surface area contributed by atoms with Crippen molar-refractivity contribution in [3.05, 3.63) is 59.8 Å². The summed E-state index contributed by atoms with van der Waals surface area (Å²) in [7, 11) is 0. The monoisotopic (exact) mass is 345 g/mol. The number of halogens is 1. The molecular formula is C19H24FN3O2. The van der Waals surface area contributed by atoms with E-state index in [9.17, 15) is 4.39 Å². The smallest absolute Gasteiger partial charge is 0.191 e. The van der Waals surface area contributed by atoms with E-state index < -0.39 is 0 Å². The van der Waals surface area contributed by atoms with E-state index in [1.54, 1.807) is 12.3 Å². The zero-order chi connectivity index (χ0) is 17.3. The number of rotatable bonds is 7. The van der Waals surface area contributed by atoms with Crippen LogP contribution in [-0.4, -0.2) is 31.8 Å². The Bertz CT molecular complexity index is 667. The van der Waals surface area contributed by atoms with Gasteiger partial charge in [-0.1, -0.05) is 12.1 Å². The number of hydrogen-bond acceptors (Lipinski definition) is 3. The van der Waals surface area contributed by atoms with Crippen LogP contribution in [0.4, 0.5) is 4.39 Å². The van der Waals surface area contributed by atoms with Crippen LogP contribution in [0.2, 0.25) is 0 Å². The summed E-state index contributed by atoms with van der Waals surface area (Å²) < 4.78 is 24.3. The minimum atomic E-state index is -0.243. The molecule has 25 heavy (non-hydrogen) atoms. The lowest BCUT2D eigenvalue weighted by molar-refractivity contribution is 0.114. The fourth-order valence-electron chi connectivity index (χ4n) is 2.75. The van der Waals surface area contributed by atoms with Crippen molar-refractivity contribution in [2.45, 2.75) is 31.9 Å². The molecule has 0 saturated carbocycles. The van der Waals surface area contributed by atoms with E-state index in [0.717, 1.165) is 43.7 Å². The van der Waals surface area contributed by atoms with Gasteiger partial charge in [-0.2, -0.15) is 0 Å². The number of ether oxygens (including phenoxy) is 1. The van der Waals surface area contributed by atoms with Crippen LogP contribution in [0.1, 0.15) is 24.2 Å². The molecule has 1 atom stereocenters. The highest BCUT2D eigenvalue weighted by Gasteiger charge is 2.15. The normalized spacial score (nSPS) is 17.6. The van der Waals surface area contributed by atoms with Crippen molar-refractivity contribution in [2.75, 3.05) is 19.7 Å². The van der Waals surface area contributed by atoms with Gasteiger partial charge in [-0.3, -0.25) is 0 Å². The lowest BCUT2D eigenvalue weighted by Crippen LogP contribution is -2.41. The van der Waals surface area contributed by atoms with Crippen LogP contribution >= 0.6 is 0 Å². The summed E-state index contributed by atoms with van der Waals surface area (Å²) in [6.07, 6.45) is 4.84. The Morgan fingerprint density at radius 3 is 2.96 bits per heavy atom. The number of aliphatic imine (C=N–C) groups is 1. The van der Waals surface area contributed by atoms with Gasteiger partial charge in [-0.25, -0.2) is 9.38 Å². The molecular weight excluding hydrogens is 321 g/mol. The molecule has 2 N–H and O–H groups in total. The molecule has 0 amide bonds. The first-order chi connectivity index (χ1) is 12.3. The van der Waals surface area contributed by atoms with Crippen molar-refractivity contribution in [1.82, 2.24) is 10.6 Å². The highest BCUT2D eigenvalue weighted by Crippen LogP contribution is 2.10. The number of nitrogens with zero attached hydrogens (tertiary/aromatic N) is 1. The van der Waals surface area contributed by atoms with Crippen LogP contribution in [0.3, 0.4) is 0 Å². The predicted molar refractivity (Wildman–Crippen MR) is 94.9 cm³/mol. The van der Waals surface area contributed by atoms with Crippen molar-refractivity contribution >= 4 is 5.96 Å². The Labute approximate surface area is 147 Å². The van der Waals surface area contributed by atoms with Crippen molar-refractivity contribution in [3.63, 3.8) is 0 Å². The molecule has 1 aromatic heterocycles. The summed E-state index contributed by atoms with van der Waals surface area (Å²) in [6.45, 7) is 2.66. The maximum absolute atomic E-state index is 13.3. The number of hydrogen-bond donors (Lipinski definition) is 2. The van der Waals surface area contributed by atoms with Crippen molar-refractivity contribution in [2.24, 2.45) is 4.99 Å². The number of furan rings is 1. The van der Waals surface area contributed by atoms with E-state index in [0.29, 0.717) is 19.0 Å². The van der Waals surface area contributed by atoms with Crippen LogP contribution in [0.25, 0.3) is 0 Å². The average molecular weight is 345 g/mol. The molecule has 0 aliphatic carbocycles. The average Bonchev–Trinajstić information content (AvgIpc) is 3.30. The molecule has 6 heteroatoms. The van der Waals surface area contributed by atoms with E-state index in [2.05, 4.69) is 15.6 Å². The third kappa shape index (κ3) is 5.90. The Kier molecular flexibility index (Phi) is 6.45. The number of nitrogens with one attached hydrogen (secondary N) is 2. The summed E-state index contributed by atoms with van der Waals surface area (Å²) in [4.78, 5) is 4.56. The SMILES string of the molecule is Fc1cccc(CN=C(NCCc2ccco2)NCC2CCCO2)c1. The molecule has 1 aliphatic rings. The van der Waals surface area contributed by atoms with Crippen LogP contribution in [-0.2, 0) is 17.7 Å². The minimum absolute atomic E-state index is 0.228. The van der Waals surface area contributed by atoms with Gasteiger partial charge in [0.15, 0.2) is 5.96 Å². The second-order valence-corrected chi connectivity index (χ2v) is 6.07. The predicted octanol–water partition coefficient (Wildman–Crippen LogP) is 2.88. The highest BCUT2D eigenvalue weighted by molar-refractivity contribution is 5.79. The number of guanidine groups is 1. The standard InChI is InChI=1S/C19H24FN3O2/c20-16-5-1-4-15(12-16)13-22-19(23-14-18-7-3-11-25-18)21-9-8-17-6-2-10-24-17/h1-2,4-6,10,12,18H,3,7-9,11,13-14H2,(H2,21,22,23). The lowest BCUT2D eigenvalue weighted by atomic mass is 10.2. The third-order valence-corrected chi connectivity index (χ3v) is 4.07. The van der Waals surface area contributed by atoms with Gasteiger partial charge >= 0.3 is 0 Å². The Hall–Kier alpha value is -2.34. The molecule has 2 aromatic rings. The van der Waals surface area contributed by atoms with Gasteiger partial charge in [-0.15, -0.1) is 0 Å². The molecule has 1 aromatic carbocycles. The van der Waals surface area contributed by atoms with Gasteiger partial charge in [0.2, 0.25) is 0 Å². The summed E-state index contributed by atoms with van der Waals surface area (Å²) >= 11 is 0. The quantitative estimate of drug-likeness (QED) is 0.598.